The van der Waals surface area contributed by atoms with Crippen LogP contribution in [-0.2, 0) is 24.3 Å². The van der Waals surface area contributed by atoms with E-state index in [1.54, 1.807) is 12.1 Å². The minimum atomic E-state index is -0.221. The molecule has 1 amide bonds. The summed E-state index contributed by atoms with van der Waals surface area (Å²) in [6.45, 7) is 4.50. The summed E-state index contributed by atoms with van der Waals surface area (Å²) in [6, 6.07) is 6.63. The van der Waals surface area contributed by atoms with Crippen molar-refractivity contribution >= 4 is 5.91 Å². The fourth-order valence-corrected chi connectivity index (χ4v) is 4.85. The van der Waals surface area contributed by atoms with Crippen molar-refractivity contribution in [3.8, 4) is 0 Å². The average Bonchev–Trinajstić information content (AvgIpc) is 3.26. The first-order valence-corrected chi connectivity index (χ1v) is 10.9. The SMILES string of the molecule is C[C@@H]1C[C@H]1C(=O)N1CCC[C@@H]1c1nc2c(c(=O)[nH]1)CN(Cc1ccccc1F)CC2. The Morgan fingerprint density at radius 1 is 1.30 bits per heavy atom. The fourth-order valence-electron chi connectivity index (χ4n) is 4.85. The number of rotatable bonds is 4. The van der Waals surface area contributed by atoms with Crippen molar-refractivity contribution in [1.29, 1.82) is 0 Å². The molecule has 30 heavy (non-hydrogen) atoms. The van der Waals surface area contributed by atoms with Gasteiger partial charge in [0.25, 0.3) is 5.56 Å². The molecular formula is C23H27FN4O2. The Morgan fingerprint density at radius 3 is 2.87 bits per heavy atom. The van der Waals surface area contributed by atoms with Crippen molar-refractivity contribution in [3.05, 3.63) is 63.1 Å². The molecule has 5 rings (SSSR count). The number of hydrogen-bond donors (Lipinski definition) is 1. The van der Waals surface area contributed by atoms with E-state index in [0.29, 0.717) is 42.4 Å². The second kappa shape index (κ2) is 7.61. The van der Waals surface area contributed by atoms with Crippen LogP contribution in [0.4, 0.5) is 4.39 Å². The molecule has 2 aromatic rings. The second-order valence-electron chi connectivity index (χ2n) is 8.94. The van der Waals surface area contributed by atoms with E-state index < -0.39 is 0 Å². The number of hydrogen-bond acceptors (Lipinski definition) is 4. The van der Waals surface area contributed by atoms with Gasteiger partial charge in [-0.1, -0.05) is 25.1 Å². The number of amides is 1. The monoisotopic (exact) mass is 410 g/mol. The number of benzene rings is 1. The molecule has 3 heterocycles. The number of carbonyl (C=O) groups excluding carboxylic acids is 1. The second-order valence-corrected chi connectivity index (χ2v) is 8.94. The maximum absolute atomic E-state index is 14.0. The van der Waals surface area contributed by atoms with E-state index in [-0.39, 0.29) is 29.2 Å². The minimum Gasteiger partial charge on any atom is -0.332 e. The van der Waals surface area contributed by atoms with Crippen LogP contribution in [0.15, 0.2) is 29.1 Å². The van der Waals surface area contributed by atoms with Gasteiger partial charge in [-0.3, -0.25) is 14.5 Å². The fraction of sp³-hybridized carbons (Fsp3) is 0.522. The van der Waals surface area contributed by atoms with E-state index in [4.69, 9.17) is 4.98 Å². The number of halogens is 1. The van der Waals surface area contributed by atoms with Gasteiger partial charge in [-0.15, -0.1) is 0 Å². The summed E-state index contributed by atoms with van der Waals surface area (Å²) in [7, 11) is 0. The quantitative estimate of drug-likeness (QED) is 0.842. The molecule has 3 atom stereocenters. The predicted octanol–water partition coefficient (Wildman–Crippen LogP) is 2.79. The molecular weight excluding hydrogens is 383 g/mol. The number of H-pyrrole nitrogens is 1. The number of carbonyl (C=O) groups is 1. The number of aromatic amines is 1. The van der Waals surface area contributed by atoms with Crippen molar-refractivity contribution in [3.63, 3.8) is 0 Å². The Morgan fingerprint density at radius 2 is 2.10 bits per heavy atom. The normalized spacial score (nSPS) is 25.9. The van der Waals surface area contributed by atoms with E-state index >= 15 is 0 Å². The molecule has 1 aromatic heterocycles. The summed E-state index contributed by atoms with van der Waals surface area (Å²) in [5.41, 5.74) is 1.98. The predicted molar refractivity (Wildman–Crippen MR) is 110 cm³/mol. The van der Waals surface area contributed by atoms with Crippen molar-refractivity contribution in [2.24, 2.45) is 11.8 Å². The van der Waals surface area contributed by atoms with Gasteiger partial charge in [0.2, 0.25) is 5.91 Å². The first kappa shape index (κ1) is 19.4. The third kappa shape index (κ3) is 3.55. The molecule has 1 aliphatic carbocycles. The molecule has 1 saturated heterocycles. The van der Waals surface area contributed by atoms with Crippen LogP contribution >= 0.6 is 0 Å². The molecule has 0 radical (unpaired) electrons. The molecule has 1 aromatic carbocycles. The number of nitrogens with zero attached hydrogens (tertiary/aromatic N) is 3. The van der Waals surface area contributed by atoms with Crippen LogP contribution in [0.25, 0.3) is 0 Å². The molecule has 2 fully saturated rings. The zero-order valence-corrected chi connectivity index (χ0v) is 17.2. The average molecular weight is 410 g/mol. The summed E-state index contributed by atoms with van der Waals surface area (Å²) in [4.78, 5) is 37.4. The van der Waals surface area contributed by atoms with Crippen LogP contribution in [0, 0.1) is 17.7 Å². The maximum atomic E-state index is 14.0. The highest BCUT2D eigenvalue weighted by atomic mass is 19.1. The van der Waals surface area contributed by atoms with Gasteiger partial charge in [0.1, 0.15) is 11.6 Å². The Balaban J connectivity index is 1.35. The lowest BCUT2D eigenvalue weighted by atomic mass is 10.0. The number of aromatic nitrogens is 2. The first-order chi connectivity index (χ1) is 14.5. The summed E-state index contributed by atoms with van der Waals surface area (Å²) in [5, 5.41) is 0. The zero-order chi connectivity index (χ0) is 20.8. The third-order valence-corrected chi connectivity index (χ3v) is 6.80. The standard InChI is InChI=1S/C23H27FN4O2/c1-14-11-16(14)23(30)28-9-4-7-20(28)21-25-19-8-10-27(13-17(19)22(29)26-21)12-15-5-2-3-6-18(15)24/h2-3,5-6,14,16,20H,4,7-13H2,1H3,(H,25,26,29)/t14-,16-,20-/m1/s1. The van der Waals surface area contributed by atoms with Gasteiger partial charge in [0, 0.05) is 44.1 Å². The Hall–Kier alpha value is -2.54. The molecule has 3 aliphatic rings. The number of nitrogens with one attached hydrogen (secondary N) is 1. The van der Waals surface area contributed by atoms with Gasteiger partial charge < -0.3 is 9.88 Å². The van der Waals surface area contributed by atoms with Crippen LogP contribution in [0.2, 0.25) is 0 Å². The van der Waals surface area contributed by atoms with Gasteiger partial charge >= 0.3 is 0 Å². The molecule has 2 aliphatic heterocycles. The third-order valence-electron chi connectivity index (χ3n) is 6.80. The summed E-state index contributed by atoms with van der Waals surface area (Å²) in [6.07, 6.45) is 3.40. The molecule has 0 unspecified atom stereocenters. The van der Waals surface area contributed by atoms with E-state index in [2.05, 4.69) is 16.8 Å². The smallest absolute Gasteiger partial charge is 0.255 e. The number of fused-ring (bicyclic) bond motifs is 1. The van der Waals surface area contributed by atoms with Crippen LogP contribution in [0.5, 0.6) is 0 Å². The molecule has 7 heteroatoms. The van der Waals surface area contributed by atoms with Gasteiger partial charge in [0.05, 0.1) is 17.3 Å². The Kier molecular flexibility index (Phi) is 4.93. The van der Waals surface area contributed by atoms with Crippen LogP contribution < -0.4 is 5.56 Å². The largest absolute Gasteiger partial charge is 0.332 e. The van der Waals surface area contributed by atoms with E-state index in [1.807, 2.05) is 11.0 Å². The highest BCUT2D eigenvalue weighted by Crippen LogP contribution is 2.42. The van der Waals surface area contributed by atoms with Crippen molar-refractivity contribution < 1.29 is 9.18 Å². The van der Waals surface area contributed by atoms with Crippen LogP contribution in [-0.4, -0.2) is 38.8 Å². The van der Waals surface area contributed by atoms with Gasteiger partial charge in [-0.25, -0.2) is 9.37 Å². The maximum Gasteiger partial charge on any atom is 0.255 e. The summed E-state index contributed by atoms with van der Waals surface area (Å²) in [5.74, 6) is 1.22. The lowest BCUT2D eigenvalue weighted by Crippen LogP contribution is -2.38. The van der Waals surface area contributed by atoms with Crippen LogP contribution in [0.3, 0.4) is 0 Å². The summed E-state index contributed by atoms with van der Waals surface area (Å²) >= 11 is 0. The summed E-state index contributed by atoms with van der Waals surface area (Å²) < 4.78 is 14.0. The topological polar surface area (TPSA) is 69.3 Å². The lowest BCUT2D eigenvalue weighted by Gasteiger charge is -2.29. The molecule has 0 bridgehead atoms. The van der Waals surface area contributed by atoms with Gasteiger partial charge in [-0.05, 0) is 31.2 Å². The minimum absolute atomic E-state index is 0.125. The molecule has 1 N–H and O–H groups in total. The van der Waals surface area contributed by atoms with E-state index in [1.165, 1.54) is 6.07 Å². The first-order valence-electron chi connectivity index (χ1n) is 10.9. The lowest BCUT2D eigenvalue weighted by molar-refractivity contribution is -0.134. The van der Waals surface area contributed by atoms with Crippen molar-refractivity contribution in [2.75, 3.05) is 13.1 Å². The Bertz CT molecular complexity index is 1040. The van der Waals surface area contributed by atoms with Crippen molar-refractivity contribution in [1.82, 2.24) is 19.8 Å². The van der Waals surface area contributed by atoms with E-state index in [0.717, 1.165) is 38.0 Å². The highest BCUT2D eigenvalue weighted by Gasteiger charge is 2.45. The molecule has 1 saturated carbocycles. The van der Waals surface area contributed by atoms with Crippen molar-refractivity contribution in [2.45, 2.75) is 51.7 Å². The van der Waals surface area contributed by atoms with Gasteiger partial charge in [-0.2, -0.15) is 0 Å². The van der Waals surface area contributed by atoms with Gasteiger partial charge in [0.15, 0.2) is 0 Å². The zero-order valence-electron chi connectivity index (χ0n) is 17.2. The molecule has 6 nitrogen and oxygen atoms in total. The molecule has 158 valence electrons. The number of likely N-dealkylation sites (tertiary alicyclic amines) is 1. The van der Waals surface area contributed by atoms with Crippen LogP contribution in [0.1, 0.15) is 54.9 Å². The highest BCUT2D eigenvalue weighted by molar-refractivity contribution is 5.82. The molecule has 0 spiro atoms. The van der Waals surface area contributed by atoms with E-state index in [9.17, 15) is 14.0 Å². The Labute approximate surface area is 175 Å².